The van der Waals surface area contributed by atoms with Crippen LogP contribution < -0.4 is 4.57 Å². The van der Waals surface area contributed by atoms with Gasteiger partial charge in [-0.05, 0) is 71.7 Å². The molecule has 3 heteroatoms. The van der Waals surface area contributed by atoms with Crippen LogP contribution in [0, 0.1) is 19.7 Å². The molecule has 0 fully saturated rings. The topological polar surface area (TPSA) is 8.29 Å². The predicted octanol–water partition coefficient (Wildman–Crippen LogP) is 6.87. The van der Waals surface area contributed by atoms with Gasteiger partial charge in [0.15, 0.2) is 6.20 Å². The molecule has 6 aromatic rings. The van der Waals surface area contributed by atoms with E-state index in [-0.39, 0.29) is 11.2 Å². The van der Waals surface area contributed by atoms with Crippen molar-refractivity contribution in [2.45, 2.75) is 40.0 Å². The Balaban J connectivity index is 2.04. The first-order valence-electron chi connectivity index (χ1n) is 10.9. The molecule has 0 aliphatic rings. The highest BCUT2D eigenvalue weighted by molar-refractivity contribution is 6.26. The van der Waals surface area contributed by atoms with Gasteiger partial charge in [0.05, 0.1) is 27.3 Å². The zero-order valence-corrected chi connectivity index (χ0v) is 18.9. The summed E-state index contributed by atoms with van der Waals surface area (Å²) in [6, 6.07) is 14.4. The Kier molecular flexibility index (Phi) is 3.43. The van der Waals surface area contributed by atoms with Crippen molar-refractivity contribution in [3.63, 3.8) is 0 Å². The highest BCUT2D eigenvalue weighted by Gasteiger charge is 2.26. The zero-order valence-electron chi connectivity index (χ0n) is 18.9. The van der Waals surface area contributed by atoms with E-state index in [2.05, 4.69) is 74.9 Å². The van der Waals surface area contributed by atoms with Crippen molar-refractivity contribution >= 4 is 49.0 Å². The summed E-state index contributed by atoms with van der Waals surface area (Å²) in [4.78, 5) is 0. The van der Waals surface area contributed by atoms with Crippen LogP contribution in [-0.2, 0) is 12.5 Å². The molecular weight excluding hydrogens is 383 g/mol. The van der Waals surface area contributed by atoms with E-state index in [1.807, 2.05) is 12.3 Å². The van der Waals surface area contributed by atoms with Gasteiger partial charge in [0.1, 0.15) is 12.9 Å². The molecule has 0 amide bonds. The molecule has 2 nitrogen and oxygen atoms in total. The van der Waals surface area contributed by atoms with Crippen molar-refractivity contribution in [1.82, 2.24) is 4.40 Å². The van der Waals surface area contributed by atoms with Crippen molar-refractivity contribution in [3.05, 3.63) is 71.2 Å². The van der Waals surface area contributed by atoms with Gasteiger partial charge in [0.25, 0.3) is 0 Å². The summed E-state index contributed by atoms with van der Waals surface area (Å²) < 4.78 is 19.2. The van der Waals surface area contributed by atoms with Gasteiger partial charge in [-0.2, -0.15) is 0 Å². The minimum Gasteiger partial charge on any atom is -0.307 e. The molecule has 3 aromatic carbocycles. The average Bonchev–Trinajstić information content (AvgIpc) is 3.02. The number of fused-ring (bicyclic) bond motifs is 5. The second kappa shape index (κ2) is 5.73. The lowest BCUT2D eigenvalue weighted by atomic mass is 9.86. The number of hydrogen-bond acceptors (Lipinski definition) is 0. The second-order valence-corrected chi connectivity index (χ2v) is 10.1. The smallest absolute Gasteiger partial charge is 0.224 e. The van der Waals surface area contributed by atoms with Crippen LogP contribution >= 0.6 is 0 Å². The minimum atomic E-state index is -0.198. The van der Waals surface area contributed by atoms with Crippen molar-refractivity contribution in [1.29, 1.82) is 0 Å². The van der Waals surface area contributed by atoms with E-state index in [1.165, 1.54) is 43.9 Å². The number of halogens is 1. The van der Waals surface area contributed by atoms with Gasteiger partial charge in [0.2, 0.25) is 5.52 Å². The Morgan fingerprint density at radius 1 is 0.871 bits per heavy atom. The fraction of sp³-hybridized carbons (Fsp3) is 0.250. The van der Waals surface area contributed by atoms with Crippen molar-refractivity contribution in [3.8, 4) is 0 Å². The van der Waals surface area contributed by atoms with Gasteiger partial charge in [-0.3, -0.25) is 0 Å². The molecule has 31 heavy (non-hydrogen) atoms. The normalized spacial score (nSPS) is 13.0. The SMILES string of the molecule is Cc1cc2c3cc(C(C)(C)C)ccc3n3c4cc(F)cc5cc[n+](C)c(c(c1C)c23)c54. The van der Waals surface area contributed by atoms with Crippen LogP contribution in [0.15, 0.2) is 48.7 Å². The summed E-state index contributed by atoms with van der Waals surface area (Å²) in [6.07, 6.45) is 2.05. The van der Waals surface area contributed by atoms with Gasteiger partial charge in [0, 0.05) is 16.8 Å². The predicted molar refractivity (Wildman–Crippen MR) is 128 cm³/mol. The first kappa shape index (κ1) is 18.6. The molecule has 0 atom stereocenters. The van der Waals surface area contributed by atoms with Crippen LogP contribution in [0.4, 0.5) is 4.39 Å². The number of aryl methyl sites for hydroxylation is 3. The van der Waals surface area contributed by atoms with Gasteiger partial charge < -0.3 is 4.40 Å². The third-order valence-corrected chi connectivity index (χ3v) is 7.09. The lowest BCUT2D eigenvalue weighted by molar-refractivity contribution is -0.643. The van der Waals surface area contributed by atoms with E-state index >= 15 is 0 Å². The Hall–Kier alpha value is -3.20. The maximum absolute atomic E-state index is 14.7. The van der Waals surface area contributed by atoms with E-state index < -0.39 is 0 Å². The van der Waals surface area contributed by atoms with Crippen LogP contribution in [0.1, 0.15) is 37.5 Å². The highest BCUT2D eigenvalue weighted by Crippen LogP contribution is 2.42. The number of pyridine rings is 2. The van der Waals surface area contributed by atoms with Gasteiger partial charge in [-0.1, -0.05) is 26.8 Å². The van der Waals surface area contributed by atoms with E-state index in [1.54, 1.807) is 12.1 Å². The molecule has 0 spiro atoms. The molecule has 0 saturated carbocycles. The van der Waals surface area contributed by atoms with E-state index in [9.17, 15) is 4.39 Å². The average molecular weight is 410 g/mol. The quantitative estimate of drug-likeness (QED) is 0.147. The van der Waals surface area contributed by atoms with Crippen LogP contribution in [0.3, 0.4) is 0 Å². The Morgan fingerprint density at radius 2 is 1.65 bits per heavy atom. The summed E-state index contributed by atoms with van der Waals surface area (Å²) >= 11 is 0. The molecule has 0 aliphatic carbocycles. The zero-order chi connectivity index (χ0) is 21.8. The molecular formula is C28H26FN2+. The monoisotopic (exact) mass is 409 g/mol. The highest BCUT2D eigenvalue weighted by atomic mass is 19.1. The van der Waals surface area contributed by atoms with E-state index in [4.69, 9.17) is 0 Å². The first-order valence-corrected chi connectivity index (χ1v) is 10.9. The lowest BCUT2D eigenvalue weighted by Gasteiger charge is -2.19. The van der Waals surface area contributed by atoms with Crippen molar-refractivity contribution in [2.24, 2.45) is 7.05 Å². The lowest BCUT2D eigenvalue weighted by Crippen LogP contribution is -2.29. The molecule has 0 N–H and O–H groups in total. The first-order chi connectivity index (χ1) is 14.7. The Labute approximate surface area is 180 Å². The third-order valence-electron chi connectivity index (χ3n) is 7.09. The van der Waals surface area contributed by atoms with Crippen LogP contribution in [0.5, 0.6) is 0 Å². The number of aromatic nitrogens is 2. The summed E-state index contributed by atoms with van der Waals surface area (Å²) in [5, 5.41) is 5.80. The molecule has 0 bridgehead atoms. The van der Waals surface area contributed by atoms with Crippen LogP contribution in [-0.4, -0.2) is 4.40 Å². The number of hydrogen-bond donors (Lipinski definition) is 0. The Bertz CT molecular complexity index is 1700. The van der Waals surface area contributed by atoms with Crippen LogP contribution in [0.25, 0.3) is 49.0 Å². The number of benzene rings is 3. The van der Waals surface area contributed by atoms with Gasteiger partial charge in [-0.25, -0.2) is 8.96 Å². The molecule has 6 rings (SSSR count). The standard InChI is InChI=1S/C28H26FN2/c1-15-11-21-20-13-18(28(3,4)5)7-8-22(20)31-23-14-19(29)12-17-9-10-30(6)27(25(17)23)24(16(15)2)26(21)31/h7-14H,1-6H3/q+1. The minimum absolute atomic E-state index is 0.0624. The fourth-order valence-electron chi connectivity index (χ4n) is 5.34. The Morgan fingerprint density at radius 3 is 2.39 bits per heavy atom. The van der Waals surface area contributed by atoms with Crippen molar-refractivity contribution in [2.75, 3.05) is 0 Å². The molecule has 3 aromatic heterocycles. The number of rotatable bonds is 0. The van der Waals surface area contributed by atoms with E-state index in [0.717, 1.165) is 21.8 Å². The fourth-order valence-corrected chi connectivity index (χ4v) is 5.34. The van der Waals surface area contributed by atoms with Crippen LogP contribution in [0.2, 0.25) is 0 Å². The molecule has 0 radical (unpaired) electrons. The molecule has 154 valence electrons. The summed E-state index contributed by atoms with van der Waals surface area (Å²) in [6.45, 7) is 11.1. The summed E-state index contributed by atoms with van der Waals surface area (Å²) in [5.74, 6) is -0.198. The maximum Gasteiger partial charge on any atom is 0.224 e. The third kappa shape index (κ3) is 2.29. The van der Waals surface area contributed by atoms with Gasteiger partial charge >= 0.3 is 0 Å². The molecule has 0 saturated heterocycles. The van der Waals surface area contributed by atoms with E-state index in [0.29, 0.717) is 0 Å². The summed E-state index contributed by atoms with van der Waals surface area (Å²) in [5.41, 5.74) is 8.36. The number of nitrogens with zero attached hydrogens (tertiary/aromatic N) is 2. The second-order valence-electron chi connectivity index (χ2n) is 10.1. The molecule has 0 unspecified atom stereocenters. The summed E-state index contributed by atoms with van der Waals surface area (Å²) in [7, 11) is 2.09. The largest absolute Gasteiger partial charge is 0.307 e. The molecule has 3 heterocycles. The van der Waals surface area contributed by atoms with Gasteiger partial charge in [-0.15, -0.1) is 0 Å². The molecule has 0 aliphatic heterocycles. The maximum atomic E-state index is 14.7. The van der Waals surface area contributed by atoms with Crippen molar-refractivity contribution < 1.29 is 8.96 Å².